The van der Waals surface area contributed by atoms with Gasteiger partial charge in [0.2, 0.25) is 0 Å². The van der Waals surface area contributed by atoms with E-state index < -0.39 is 0 Å². The first-order valence-corrected chi connectivity index (χ1v) is 19.5. The largest absolute Gasteiger partial charge is 0.269 e. The topological polar surface area (TPSA) is 51.0 Å². The molecule has 0 radical (unpaired) electrons. The summed E-state index contributed by atoms with van der Waals surface area (Å²) in [6, 6.07) is 44.7. The van der Waals surface area contributed by atoms with Crippen molar-refractivity contribution in [2.24, 2.45) is 4.99 Å². The van der Waals surface area contributed by atoms with Gasteiger partial charge in [-0.3, -0.25) is 4.99 Å². The predicted octanol–water partition coefficient (Wildman–Crippen LogP) is 12.5. The molecule has 0 N–H and O–H groups in total. The standard InChI is InChI=1S/C48H34N4S2/c1-3-9-31(4-2)32-14-16-33(17-15-32)34-18-20-35(21-19-34)42-30-43(36-22-26-38(27-23-36)47-51-40-10-5-7-12-44(40)53-47)50-46(49-42)37-24-28-39(29-25-37)48-52-41-11-6-8-13-45(41)54-48/h3-30,41,45H,1-2H2/b31-9+. The molecule has 7 aromatic rings. The average Bonchev–Trinajstić information content (AvgIpc) is 3.88. The quantitative estimate of drug-likeness (QED) is 0.139. The van der Waals surface area contributed by atoms with Crippen LogP contribution in [-0.4, -0.2) is 31.3 Å². The molecule has 0 amide bonds. The summed E-state index contributed by atoms with van der Waals surface area (Å²) >= 11 is 3.53. The average molecular weight is 731 g/mol. The Bertz CT molecular complexity index is 2610. The Labute approximate surface area is 323 Å². The minimum absolute atomic E-state index is 0.202. The molecule has 5 aromatic carbocycles. The molecule has 54 heavy (non-hydrogen) atoms. The van der Waals surface area contributed by atoms with Gasteiger partial charge in [-0.2, -0.15) is 0 Å². The second-order valence-corrected chi connectivity index (χ2v) is 15.3. The van der Waals surface area contributed by atoms with E-state index in [1.807, 2.05) is 30.0 Å². The normalized spacial score (nSPS) is 16.3. The molecule has 1 aliphatic heterocycles. The molecule has 0 saturated carbocycles. The van der Waals surface area contributed by atoms with Crippen molar-refractivity contribution in [3.63, 3.8) is 0 Å². The van der Waals surface area contributed by atoms with Gasteiger partial charge in [0.15, 0.2) is 5.82 Å². The minimum atomic E-state index is 0.202. The van der Waals surface area contributed by atoms with Gasteiger partial charge in [0.25, 0.3) is 0 Å². The van der Waals surface area contributed by atoms with E-state index in [0.717, 1.165) is 77.0 Å². The van der Waals surface area contributed by atoms with Crippen LogP contribution in [0.2, 0.25) is 0 Å². The molecule has 4 nitrogen and oxygen atoms in total. The summed E-state index contributed by atoms with van der Waals surface area (Å²) in [7, 11) is 0. The van der Waals surface area contributed by atoms with Gasteiger partial charge in [-0.25, -0.2) is 15.0 Å². The smallest absolute Gasteiger partial charge is 0.160 e. The Morgan fingerprint density at radius 2 is 1.19 bits per heavy atom. The van der Waals surface area contributed by atoms with Crippen LogP contribution in [0.5, 0.6) is 0 Å². The molecule has 9 rings (SSSR count). The van der Waals surface area contributed by atoms with E-state index in [1.54, 1.807) is 17.4 Å². The second-order valence-electron chi connectivity index (χ2n) is 13.1. The summed E-state index contributed by atoms with van der Waals surface area (Å²) in [4.78, 5) is 20.1. The van der Waals surface area contributed by atoms with Crippen LogP contribution in [0.25, 0.3) is 71.4 Å². The Morgan fingerprint density at radius 1 is 0.593 bits per heavy atom. The fraction of sp³-hybridized carbons (Fsp3) is 0.0417. The number of hydrogen-bond donors (Lipinski definition) is 0. The molecule has 0 saturated heterocycles. The first kappa shape index (κ1) is 33.6. The minimum Gasteiger partial charge on any atom is -0.269 e. The molecule has 2 aromatic heterocycles. The number of allylic oxidation sites excluding steroid dienone is 6. The number of thioether (sulfide) groups is 1. The molecule has 0 spiro atoms. The zero-order chi connectivity index (χ0) is 36.4. The maximum Gasteiger partial charge on any atom is 0.160 e. The van der Waals surface area contributed by atoms with Gasteiger partial charge in [-0.1, -0.05) is 177 Å². The fourth-order valence-corrected chi connectivity index (χ4v) is 8.89. The van der Waals surface area contributed by atoms with Crippen molar-refractivity contribution in [3.8, 4) is 55.6 Å². The van der Waals surface area contributed by atoms with Gasteiger partial charge in [-0.15, -0.1) is 11.3 Å². The lowest BCUT2D eigenvalue weighted by atomic mass is 9.98. The number of nitrogens with zero attached hydrogens (tertiary/aromatic N) is 4. The highest BCUT2D eigenvalue weighted by atomic mass is 32.2. The Balaban J connectivity index is 1.05. The molecule has 0 fully saturated rings. The van der Waals surface area contributed by atoms with Crippen molar-refractivity contribution >= 4 is 43.9 Å². The predicted molar refractivity (Wildman–Crippen MR) is 231 cm³/mol. The summed E-state index contributed by atoms with van der Waals surface area (Å²) in [5.74, 6) is 0.676. The number of benzene rings is 5. The van der Waals surface area contributed by atoms with Crippen LogP contribution >= 0.6 is 23.1 Å². The van der Waals surface area contributed by atoms with Crippen LogP contribution < -0.4 is 0 Å². The first-order valence-electron chi connectivity index (χ1n) is 17.8. The van der Waals surface area contributed by atoms with E-state index >= 15 is 0 Å². The number of fused-ring (bicyclic) bond motifs is 2. The van der Waals surface area contributed by atoms with E-state index in [-0.39, 0.29) is 6.04 Å². The SMILES string of the molecule is C=C/C=C(\C=C)c1ccc(-c2ccc(-c3cc(-c4ccc(-c5nc6ccccc6s5)cc4)nc(-c4ccc(C5=NC6C=CC=CC6S5)cc4)n3)cc2)cc1. The van der Waals surface area contributed by atoms with E-state index in [4.69, 9.17) is 19.9 Å². The van der Waals surface area contributed by atoms with Crippen LogP contribution in [0.3, 0.4) is 0 Å². The van der Waals surface area contributed by atoms with Gasteiger partial charge in [0, 0.05) is 27.8 Å². The van der Waals surface area contributed by atoms with Crippen LogP contribution in [0.15, 0.2) is 188 Å². The number of hydrogen-bond acceptors (Lipinski definition) is 6. The van der Waals surface area contributed by atoms with Crippen LogP contribution in [0.1, 0.15) is 11.1 Å². The number of aromatic nitrogens is 3. The highest BCUT2D eigenvalue weighted by molar-refractivity contribution is 8.15. The maximum absolute atomic E-state index is 5.14. The van der Waals surface area contributed by atoms with Crippen molar-refractivity contribution in [3.05, 3.63) is 194 Å². The van der Waals surface area contributed by atoms with Gasteiger partial charge in [-0.05, 0) is 40.5 Å². The molecule has 1 aliphatic carbocycles. The summed E-state index contributed by atoms with van der Waals surface area (Å²) in [6.07, 6.45) is 14.2. The number of aliphatic imine (C=N–C) groups is 1. The van der Waals surface area contributed by atoms with Gasteiger partial charge in [0.1, 0.15) is 5.01 Å². The third kappa shape index (κ3) is 6.73. The van der Waals surface area contributed by atoms with Gasteiger partial charge >= 0.3 is 0 Å². The maximum atomic E-state index is 5.14. The summed E-state index contributed by atoms with van der Waals surface area (Å²) in [6.45, 7) is 7.77. The number of para-hydroxylation sites is 1. The Hall–Kier alpha value is -6.21. The zero-order valence-corrected chi connectivity index (χ0v) is 31.0. The van der Waals surface area contributed by atoms with Crippen LogP contribution in [0, 0.1) is 0 Å². The van der Waals surface area contributed by atoms with Crippen LogP contribution in [0.4, 0.5) is 0 Å². The van der Waals surface area contributed by atoms with Crippen molar-refractivity contribution in [2.75, 3.05) is 0 Å². The molecule has 6 heteroatoms. The second kappa shape index (κ2) is 14.7. The summed E-state index contributed by atoms with van der Waals surface area (Å²) in [5.41, 5.74) is 12.4. The first-order chi connectivity index (χ1) is 26.6. The third-order valence-electron chi connectivity index (χ3n) is 9.66. The lowest BCUT2D eigenvalue weighted by Gasteiger charge is -2.11. The molecule has 2 aliphatic rings. The van der Waals surface area contributed by atoms with E-state index in [9.17, 15) is 0 Å². The van der Waals surface area contributed by atoms with Gasteiger partial charge < -0.3 is 0 Å². The van der Waals surface area contributed by atoms with E-state index in [0.29, 0.717) is 11.1 Å². The molecular weight excluding hydrogens is 697 g/mol. The lowest BCUT2D eigenvalue weighted by molar-refractivity contribution is 0.862. The molecule has 2 atom stereocenters. The highest BCUT2D eigenvalue weighted by Crippen LogP contribution is 2.36. The Kier molecular flexibility index (Phi) is 9.13. The van der Waals surface area contributed by atoms with Crippen molar-refractivity contribution < 1.29 is 0 Å². The van der Waals surface area contributed by atoms with Gasteiger partial charge in [0.05, 0.1) is 37.9 Å². The monoisotopic (exact) mass is 730 g/mol. The molecule has 258 valence electrons. The third-order valence-corrected chi connectivity index (χ3v) is 12.0. The van der Waals surface area contributed by atoms with E-state index in [1.165, 1.54) is 4.70 Å². The van der Waals surface area contributed by atoms with E-state index in [2.05, 4.69) is 159 Å². The summed E-state index contributed by atoms with van der Waals surface area (Å²) < 4.78 is 1.18. The Morgan fingerprint density at radius 3 is 1.83 bits per heavy atom. The molecule has 3 heterocycles. The summed E-state index contributed by atoms with van der Waals surface area (Å²) in [5, 5.41) is 2.44. The van der Waals surface area contributed by atoms with Crippen LogP contribution in [-0.2, 0) is 0 Å². The highest BCUT2D eigenvalue weighted by Gasteiger charge is 2.28. The molecule has 2 unspecified atom stereocenters. The fourth-order valence-electron chi connectivity index (χ4n) is 6.75. The van der Waals surface area contributed by atoms with Crippen molar-refractivity contribution in [2.45, 2.75) is 11.3 Å². The number of rotatable bonds is 9. The van der Waals surface area contributed by atoms with Crippen molar-refractivity contribution in [1.29, 1.82) is 0 Å². The molecule has 0 bridgehead atoms. The number of thiazole rings is 1. The lowest BCUT2D eigenvalue weighted by Crippen LogP contribution is -2.13. The zero-order valence-electron chi connectivity index (χ0n) is 29.3. The van der Waals surface area contributed by atoms with Crippen molar-refractivity contribution in [1.82, 2.24) is 15.0 Å². The molecular formula is C48H34N4S2.